The van der Waals surface area contributed by atoms with Gasteiger partial charge in [-0.05, 0) is 0 Å². The maximum absolute atomic E-state index is 10.4. The van der Waals surface area contributed by atoms with Crippen LogP contribution in [0.15, 0.2) is 0 Å². The Morgan fingerprint density at radius 1 is 2.00 bits per heavy atom. The Bertz CT molecular complexity index is 8.00. The Kier molecular flexibility index (Phi) is 2.81. The van der Waals surface area contributed by atoms with Crippen molar-refractivity contribution < 1.29 is 9.50 Å². The highest BCUT2D eigenvalue weighted by molar-refractivity contribution is 4.32. The van der Waals surface area contributed by atoms with E-state index in [9.17, 15) is 4.39 Å². The lowest BCUT2D eigenvalue weighted by atomic mass is 10.9. The van der Waals surface area contributed by atoms with E-state index >= 15 is 0 Å². The lowest BCUT2D eigenvalue weighted by molar-refractivity contribution is 0.331. The standard InChI is InChI=1S/C2H4FO/c3-1-2-4/h2,4H,1H2. The van der Waals surface area contributed by atoms with Gasteiger partial charge in [0.1, 0.15) is 13.3 Å². The van der Waals surface area contributed by atoms with E-state index in [4.69, 9.17) is 5.11 Å². The molecule has 1 N–H and O–H groups in total. The molecule has 0 aliphatic heterocycles. The molecule has 1 nitrogen and oxygen atoms in total. The zero-order chi connectivity index (χ0) is 3.41. The Labute approximate surface area is 24.1 Å². The second-order valence-electron chi connectivity index (χ2n) is 0.337. The zero-order valence-electron chi connectivity index (χ0n) is 2.11. The fraction of sp³-hybridized carbons (Fsp3) is 0.500. The number of aliphatic hydroxyl groups excluding tert-OH is 1. The van der Waals surface area contributed by atoms with Crippen LogP contribution in [0.3, 0.4) is 0 Å². The molecule has 0 aliphatic rings. The van der Waals surface area contributed by atoms with E-state index in [0.29, 0.717) is 6.61 Å². The predicted octanol–water partition coefficient (Wildman–Crippen LogP) is 0.490. The number of halogens is 1. The Balaban J connectivity index is 1.97. The summed E-state index contributed by atoms with van der Waals surface area (Å²) >= 11 is 0. The Morgan fingerprint density at radius 3 is 2.25 bits per heavy atom. The first-order valence-corrected chi connectivity index (χ1v) is 0.934. The third-order valence-electron chi connectivity index (χ3n) is 0.0690. The third-order valence-corrected chi connectivity index (χ3v) is 0.0690. The SMILES string of the molecule is O[CH]CF. The molecule has 0 saturated carbocycles. The molecule has 0 aromatic rings. The van der Waals surface area contributed by atoms with Gasteiger partial charge in [0, 0.05) is 0 Å². The molecular weight excluding hydrogens is 59.0 g/mol. The lowest BCUT2D eigenvalue weighted by Crippen LogP contribution is -1.66. The van der Waals surface area contributed by atoms with Crippen molar-refractivity contribution in [3.63, 3.8) is 0 Å². The van der Waals surface area contributed by atoms with Gasteiger partial charge in [-0.1, -0.05) is 0 Å². The van der Waals surface area contributed by atoms with Crippen LogP contribution < -0.4 is 0 Å². The van der Waals surface area contributed by atoms with Crippen molar-refractivity contribution in [1.82, 2.24) is 0 Å². The summed E-state index contributed by atoms with van der Waals surface area (Å²) in [7, 11) is 0. The lowest BCUT2D eigenvalue weighted by Gasteiger charge is -1.64. The molecular formula is C2H4FO. The van der Waals surface area contributed by atoms with Crippen molar-refractivity contribution in [3.8, 4) is 0 Å². The normalized spacial score (nSPS) is 7.50. The molecule has 0 amide bonds. The topological polar surface area (TPSA) is 20.2 Å². The predicted molar refractivity (Wildman–Crippen MR) is 12.2 cm³/mol. The van der Waals surface area contributed by atoms with Crippen molar-refractivity contribution >= 4 is 0 Å². The maximum Gasteiger partial charge on any atom is 0.118 e. The van der Waals surface area contributed by atoms with E-state index in [2.05, 4.69) is 0 Å². The van der Waals surface area contributed by atoms with Gasteiger partial charge < -0.3 is 5.11 Å². The molecule has 0 rings (SSSR count). The molecule has 2 heteroatoms. The van der Waals surface area contributed by atoms with E-state index in [1.165, 1.54) is 0 Å². The number of alkyl halides is 1. The smallest absolute Gasteiger partial charge is 0.118 e. The monoisotopic (exact) mass is 63.0 g/mol. The molecule has 0 aromatic carbocycles. The van der Waals surface area contributed by atoms with Gasteiger partial charge in [0.05, 0.1) is 0 Å². The van der Waals surface area contributed by atoms with Crippen LogP contribution in [0, 0.1) is 6.61 Å². The molecule has 1 radical (unpaired) electrons. The fourth-order valence-electron chi connectivity index (χ4n) is 0. The first-order chi connectivity index (χ1) is 1.91. The molecule has 0 bridgehead atoms. The average molecular weight is 63.1 g/mol. The van der Waals surface area contributed by atoms with Gasteiger partial charge in [-0.2, -0.15) is 0 Å². The highest BCUT2D eigenvalue weighted by Gasteiger charge is 1.63. The Hall–Kier alpha value is -0.110. The summed E-state index contributed by atoms with van der Waals surface area (Å²) in [6.07, 6.45) is 0. The minimum atomic E-state index is -0.750. The summed E-state index contributed by atoms with van der Waals surface area (Å²) < 4.78 is 10.4. The first kappa shape index (κ1) is 3.89. The summed E-state index contributed by atoms with van der Waals surface area (Å²) in [6.45, 7) is -0.292. The van der Waals surface area contributed by atoms with E-state index in [1.54, 1.807) is 0 Å². The Morgan fingerprint density at radius 2 is 2.25 bits per heavy atom. The van der Waals surface area contributed by atoms with Gasteiger partial charge in [0.2, 0.25) is 0 Å². The summed E-state index contributed by atoms with van der Waals surface area (Å²) in [5.74, 6) is 0. The first-order valence-electron chi connectivity index (χ1n) is 0.934. The van der Waals surface area contributed by atoms with Gasteiger partial charge in [0.25, 0.3) is 0 Å². The highest BCUT2D eigenvalue weighted by atomic mass is 19.1. The minimum Gasteiger partial charge on any atom is -0.388 e. The maximum atomic E-state index is 10.4. The molecule has 25 valence electrons. The summed E-state index contributed by atoms with van der Waals surface area (Å²) in [5, 5.41) is 7.38. The van der Waals surface area contributed by atoms with Crippen LogP contribution in [-0.2, 0) is 0 Å². The quantitative estimate of drug-likeness (QED) is 0.469. The molecule has 0 heterocycles. The highest BCUT2D eigenvalue weighted by Crippen LogP contribution is 1.62. The summed E-state index contributed by atoms with van der Waals surface area (Å²) in [4.78, 5) is 0. The van der Waals surface area contributed by atoms with Gasteiger partial charge >= 0.3 is 0 Å². The number of aliphatic hydroxyl groups is 1. The fourth-order valence-corrected chi connectivity index (χ4v) is 0. The second kappa shape index (κ2) is 2.89. The van der Waals surface area contributed by atoms with Crippen molar-refractivity contribution in [2.75, 3.05) is 6.67 Å². The van der Waals surface area contributed by atoms with Gasteiger partial charge in [-0.3, -0.25) is 0 Å². The molecule has 0 spiro atoms. The number of hydrogen-bond donors (Lipinski definition) is 1. The van der Waals surface area contributed by atoms with E-state index in [-0.39, 0.29) is 0 Å². The van der Waals surface area contributed by atoms with Crippen LogP contribution in [0.25, 0.3) is 0 Å². The van der Waals surface area contributed by atoms with E-state index in [1.807, 2.05) is 0 Å². The van der Waals surface area contributed by atoms with Crippen molar-refractivity contribution in [3.05, 3.63) is 6.61 Å². The third kappa shape index (κ3) is 1.89. The van der Waals surface area contributed by atoms with Crippen molar-refractivity contribution in [2.45, 2.75) is 0 Å². The minimum absolute atomic E-state index is 0.458. The van der Waals surface area contributed by atoms with E-state index in [0.717, 1.165) is 0 Å². The molecule has 0 fully saturated rings. The van der Waals surface area contributed by atoms with Crippen LogP contribution in [0.1, 0.15) is 0 Å². The van der Waals surface area contributed by atoms with Crippen LogP contribution in [0.4, 0.5) is 4.39 Å². The van der Waals surface area contributed by atoms with Crippen LogP contribution in [0.5, 0.6) is 0 Å². The van der Waals surface area contributed by atoms with Gasteiger partial charge in [-0.25, -0.2) is 4.39 Å². The number of rotatable bonds is 1. The van der Waals surface area contributed by atoms with Crippen molar-refractivity contribution in [2.24, 2.45) is 0 Å². The number of hydrogen-bond acceptors (Lipinski definition) is 1. The van der Waals surface area contributed by atoms with Crippen LogP contribution in [0.2, 0.25) is 0 Å². The average Bonchev–Trinajstić information content (AvgIpc) is 1.37. The molecule has 0 atom stereocenters. The molecule has 0 saturated heterocycles. The molecule has 0 aromatic heterocycles. The molecule has 4 heavy (non-hydrogen) atoms. The van der Waals surface area contributed by atoms with Gasteiger partial charge in [0.15, 0.2) is 0 Å². The van der Waals surface area contributed by atoms with Crippen molar-refractivity contribution in [1.29, 1.82) is 0 Å². The van der Waals surface area contributed by atoms with E-state index < -0.39 is 6.67 Å². The van der Waals surface area contributed by atoms with Crippen LogP contribution >= 0.6 is 0 Å². The van der Waals surface area contributed by atoms with Crippen LogP contribution in [-0.4, -0.2) is 11.8 Å². The summed E-state index contributed by atoms with van der Waals surface area (Å²) in [6, 6.07) is 0. The summed E-state index contributed by atoms with van der Waals surface area (Å²) in [5.41, 5.74) is 0. The molecule has 0 aliphatic carbocycles. The van der Waals surface area contributed by atoms with Gasteiger partial charge in [-0.15, -0.1) is 0 Å². The zero-order valence-corrected chi connectivity index (χ0v) is 2.11. The largest absolute Gasteiger partial charge is 0.388 e. The second-order valence-corrected chi connectivity index (χ2v) is 0.337. The molecule has 0 unspecified atom stereocenters.